The molecule has 3 rings (SSSR count). The first-order chi connectivity index (χ1) is 18.2. The highest BCUT2D eigenvalue weighted by molar-refractivity contribution is 7.89. The molecule has 0 bridgehead atoms. The van der Waals surface area contributed by atoms with Crippen LogP contribution in [0.2, 0.25) is 0 Å². The third-order valence-corrected chi connectivity index (χ3v) is 7.90. The van der Waals surface area contributed by atoms with Crippen LogP contribution in [-0.2, 0) is 30.7 Å². The lowest BCUT2D eigenvalue weighted by molar-refractivity contribution is -0.0439. The van der Waals surface area contributed by atoms with Crippen LogP contribution >= 0.6 is 0 Å². The van der Waals surface area contributed by atoms with E-state index in [-0.39, 0.29) is 43.7 Å². The lowest BCUT2D eigenvalue weighted by atomic mass is 10.0. The Balaban J connectivity index is 1.79. The first-order valence-corrected chi connectivity index (χ1v) is 14.1. The summed E-state index contributed by atoms with van der Waals surface area (Å²) in [6.45, 7) is 4.53. The highest BCUT2D eigenvalue weighted by Gasteiger charge is 2.32. The van der Waals surface area contributed by atoms with E-state index < -0.39 is 34.4 Å². The molecule has 210 valence electrons. The minimum Gasteiger partial charge on any atom is -0.497 e. The van der Waals surface area contributed by atoms with Gasteiger partial charge >= 0.3 is 6.09 Å². The number of rotatable bonds is 12. The summed E-state index contributed by atoms with van der Waals surface area (Å²) < 4.78 is 49.5. The molecule has 38 heavy (non-hydrogen) atoms. The summed E-state index contributed by atoms with van der Waals surface area (Å²) in [5.74, 6) is 0.536. The predicted molar refractivity (Wildman–Crippen MR) is 141 cm³/mol. The SMILES string of the molecule is COc1ccc(S(=O)(=O)N(CC(C)C)C[C@@H](O)[C@H](Cc2ccccc2)NC(=O)O[C@H]2CCOCOC2)cc1. The van der Waals surface area contributed by atoms with Crippen molar-refractivity contribution in [2.45, 2.75) is 49.8 Å². The fraction of sp³-hybridized carbons (Fsp3) is 0.519. The minimum absolute atomic E-state index is 0.00169. The average molecular weight is 551 g/mol. The van der Waals surface area contributed by atoms with Gasteiger partial charge in [-0.2, -0.15) is 4.31 Å². The minimum atomic E-state index is -3.93. The number of methoxy groups -OCH3 is 1. The Bertz CT molecular complexity index is 1090. The highest BCUT2D eigenvalue weighted by Crippen LogP contribution is 2.22. The van der Waals surface area contributed by atoms with Gasteiger partial charge in [0.15, 0.2) is 0 Å². The number of sulfonamides is 1. The van der Waals surface area contributed by atoms with Crippen LogP contribution in [0, 0.1) is 5.92 Å². The van der Waals surface area contributed by atoms with E-state index in [4.69, 9.17) is 18.9 Å². The lowest BCUT2D eigenvalue weighted by Crippen LogP contribution is -2.51. The molecule has 3 atom stereocenters. The maximum atomic E-state index is 13.5. The smallest absolute Gasteiger partial charge is 0.407 e. The Kier molecular flexibility index (Phi) is 11.4. The number of carbonyl (C=O) groups excluding carboxylic acids is 1. The van der Waals surface area contributed by atoms with Crippen molar-refractivity contribution in [1.29, 1.82) is 0 Å². The second-order valence-electron chi connectivity index (χ2n) is 9.61. The van der Waals surface area contributed by atoms with E-state index >= 15 is 0 Å². The maximum absolute atomic E-state index is 13.5. The van der Waals surface area contributed by atoms with Crippen LogP contribution in [0.5, 0.6) is 5.75 Å². The largest absolute Gasteiger partial charge is 0.497 e. The summed E-state index contributed by atoms with van der Waals surface area (Å²) in [6, 6.07) is 14.6. The number of amides is 1. The van der Waals surface area contributed by atoms with Gasteiger partial charge in [-0.15, -0.1) is 0 Å². The van der Waals surface area contributed by atoms with Gasteiger partial charge in [0.1, 0.15) is 18.6 Å². The summed E-state index contributed by atoms with van der Waals surface area (Å²) >= 11 is 0. The summed E-state index contributed by atoms with van der Waals surface area (Å²) in [4.78, 5) is 12.9. The van der Waals surface area contributed by atoms with Gasteiger partial charge in [-0.3, -0.25) is 0 Å². The van der Waals surface area contributed by atoms with Crippen molar-refractivity contribution in [3.63, 3.8) is 0 Å². The van der Waals surface area contributed by atoms with Crippen molar-refractivity contribution in [3.05, 3.63) is 60.2 Å². The van der Waals surface area contributed by atoms with E-state index in [1.165, 1.54) is 23.5 Å². The first-order valence-electron chi connectivity index (χ1n) is 12.7. The molecule has 1 fully saturated rings. The number of aliphatic hydroxyl groups is 1. The summed E-state index contributed by atoms with van der Waals surface area (Å²) in [5, 5.41) is 14.1. The van der Waals surface area contributed by atoms with Crippen LogP contribution in [0.15, 0.2) is 59.5 Å². The molecular formula is C27H38N2O8S. The van der Waals surface area contributed by atoms with E-state index in [0.717, 1.165) is 5.56 Å². The first kappa shape index (κ1) is 29.9. The van der Waals surface area contributed by atoms with Crippen LogP contribution in [0.4, 0.5) is 4.79 Å². The molecule has 1 heterocycles. The molecule has 1 aliphatic heterocycles. The second kappa shape index (κ2) is 14.5. The van der Waals surface area contributed by atoms with E-state index in [1.807, 2.05) is 44.2 Å². The number of nitrogens with one attached hydrogen (secondary N) is 1. The number of hydrogen-bond donors (Lipinski definition) is 2. The third-order valence-electron chi connectivity index (χ3n) is 6.05. The van der Waals surface area contributed by atoms with E-state index in [1.54, 1.807) is 12.1 Å². The van der Waals surface area contributed by atoms with E-state index in [9.17, 15) is 18.3 Å². The number of ether oxygens (including phenoxy) is 4. The van der Waals surface area contributed by atoms with Gasteiger partial charge in [-0.1, -0.05) is 44.2 Å². The Hall–Kier alpha value is -2.70. The van der Waals surface area contributed by atoms with Crippen LogP contribution in [-0.4, -0.2) is 82.4 Å². The average Bonchev–Trinajstić information content (AvgIpc) is 3.16. The number of nitrogens with zero attached hydrogens (tertiary/aromatic N) is 1. The Morgan fingerprint density at radius 1 is 1.11 bits per heavy atom. The van der Waals surface area contributed by atoms with Crippen LogP contribution in [0.1, 0.15) is 25.8 Å². The molecule has 0 saturated carbocycles. The van der Waals surface area contributed by atoms with Crippen LogP contribution in [0.3, 0.4) is 0 Å². The molecule has 10 nitrogen and oxygen atoms in total. The van der Waals surface area contributed by atoms with Crippen LogP contribution in [0.25, 0.3) is 0 Å². The number of alkyl carbamates (subject to hydrolysis) is 1. The topological polar surface area (TPSA) is 124 Å². The molecule has 1 aliphatic rings. The summed E-state index contributed by atoms with van der Waals surface area (Å²) in [6.07, 6.45) is -1.65. The van der Waals surface area contributed by atoms with E-state index in [2.05, 4.69) is 5.32 Å². The monoisotopic (exact) mass is 550 g/mol. The number of carbonyl (C=O) groups is 1. The van der Waals surface area contributed by atoms with Crippen molar-refractivity contribution in [1.82, 2.24) is 9.62 Å². The van der Waals surface area contributed by atoms with Crippen molar-refractivity contribution in [2.24, 2.45) is 5.92 Å². The van der Waals surface area contributed by atoms with Crippen LogP contribution < -0.4 is 10.1 Å². The van der Waals surface area contributed by atoms with Gasteiger partial charge in [0.05, 0.1) is 37.4 Å². The zero-order valence-corrected chi connectivity index (χ0v) is 22.9. The molecule has 0 radical (unpaired) electrons. The van der Waals surface area contributed by atoms with Gasteiger partial charge in [-0.05, 0) is 42.2 Å². The molecule has 2 N–H and O–H groups in total. The Morgan fingerprint density at radius 2 is 1.82 bits per heavy atom. The lowest BCUT2D eigenvalue weighted by Gasteiger charge is -2.31. The normalized spacial score (nSPS) is 18.0. The van der Waals surface area contributed by atoms with Gasteiger partial charge < -0.3 is 29.4 Å². The van der Waals surface area contributed by atoms with Gasteiger partial charge in [0.2, 0.25) is 10.0 Å². The zero-order chi connectivity index (χ0) is 27.5. The van der Waals surface area contributed by atoms with Crippen molar-refractivity contribution in [2.75, 3.05) is 40.2 Å². The quantitative estimate of drug-likeness (QED) is 0.414. The number of aliphatic hydroxyl groups excluding tert-OH is 1. The zero-order valence-electron chi connectivity index (χ0n) is 22.1. The molecule has 2 aromatic carbocycles. The second-order valence-corrected chi connectivity index (χ2v) is 11.6. The van der Waals surface area contributed by atoms with Crippen molar-refractivity contribution >= 4 is 16.1 Å². The molecular weight excluding hydrogens is 512 g/mol. The standard InChI is InChI=1S/C27H38N2O8S/c1-20(2)16-29(38(32,33)24-11-9-22(34-3)10-12-24)17-26(30)25(15-21-7-5-4-6-8-21)28-27(31)37-23-13-14-35-19-36-18-23/h4-12,20,23,25-26,30H,13-19H2,1-3H3,(H,28,31)/t23-,25-,26+/m0/s1. The Labute approximate surface area is 224 Å². The van der Waals surface area contributed by atoms with Crippen molar-refractivity contribution < 1.29 is 37.3 Å². The molecule has 0 unspecified atom stereocenters. The van der Waals surface area contributed by atoms with E-state index in [0.29, 0.717) is 18.8 Å². The van der Waals surface area contributed by atoms with Gasteiger partial charge in [0.25, 0.3) is 0 Å². The Morgan fingerprint density at radius 3 is 2.47 bits per heavy atom. The van der Waals surface area contributed by atoms with Crippen molar-refractivity contribution in [3.8, 4) is 5.75 Å². The molecule has 11 heteroatoms. The molecule has 0 aromatic heterocycles. The fourth-order valence-electron chi connectivity index (χ4n) is 4.09. The van der Waals surface area contributed by atoms with Gasteiger partial charge in [-0.25, -0.2) is 13.2 Å². The fourth-order valence-corrected chi connectivity index (χ4v) is 5.71. The summed E-state index contributed by atoms with van der Waals surface area (Å²) in [7, 11) is -2.43. The predicted octanol–water partition coefficient (Wildman–Crippen LogP) is 2.80. The molecule has 0 spiro atoms. The maximum Gasteiger partial charge on any atom is 0.407 e. The molecule has 0 aliphatic carbocycles. The number of hydrogen-bond acceptors (Lipinski definition) is 8. The van der Waals surface area contributed by atoms with Gasteiger partial charge in [0, 0.05) is 19.5 Å². The summed E-state index contributed by atoms with van der Waals surface area (Å²) in [5.41, 5.74) is 0.872. The molecule has 1 amide bonds. The highest BCUT2D eigenvalue weighted by atomic mass is 32.2. The molecule has 1 saturated heterocycles. The third kappa shape index (κ3) is 8.95. The number of benzene rings is 2. The molecule has 2 aromatic rings.